The van der Waals surface area contributed by atoms with E-state index in [1.165, 1.54) is 41.1 Å². The summed E-state index contributed by atoms with van der Waals surface area (Å²) in [6, 6.07) is 17.1. The molecule has 1 aromatic heterocycles. The predicted molar refractivity (Wildman–Crippen MR) is 103 cm³/mol. The van der Waals surface area contributed by atoms with Gasteiger partial charge in [0.1, 0.15) is 6.54 Å². The number of hydrogen-bond acceptors (Lipinski definition) is 2. The summed E-state index contributed by atoms with van der Waals surface area (Å²) >= 11 is 0. The molecule has 2 aliphatic rings. The van der Waals surface area contributed by atoms with Gasteiger partial charge in [0, 0.05) is 21.8 Å². The van der Waals surface area contributed by atoms with E-state index in [4.69, 9.17) is 4.74 Å². The Morgan fingerprint density at radius 1 is 0.926 bits per heavy atom. The van der Waals surface area contributed by atoms with E-state index in [-0.39, 0.29) is 24.5 Å². The number of nitrogens with zero attached hydrogens (tertiary/aromatic N) is 2. The van der Waals surface area contributed by atoms with Gasteiger partial charge < -0.3 is 26.2 Å². The summed E-state index contributed by atoms with van der Waals surface area (Å²) in [7, 11) is 0. The third-order valence-electron chi connectivity index (χ3n) is 6.18. The molecule has 3 heterocycles. The predicted octanol–water partition coefficient (Wildman–Crippen LogP) is 0.725. The van der Waals surface area contributed by atoms with Gasteiger partial charge in [0.05, 0.1) is 19.6 Å². The van der Waals surface area contributed by atoms with Crippen LogP contribution in [0.5, 0.6) is 0 Å². The van der Waals surface area contributed by atoms with Crippen molar-refractivity contribution in [3.63, 3.8) is 0 Å². The smallest absolute Gasteiger partial charge is 0.362 e. The number of quaternary nitrogens is 1. The Morgan fingerprint density at radius 2 is 1.52 bits per heavy atom. The third kappa shape index (κ3) is 3.21. The Hall–Kier alpha value is -2.04. The highest BCUT2D eigenvalue weighted by Crippen LogP contribution is 2.30. The van der Waals surface area contributed by atoms with Gasteiger partial charge in [0.15, 0.2) is 12.6 Å². The minimum absolute atomic E-state index is 0. The molecule has 2 fully saturated rings. The summed E-state index contributed by atoms with van der Waals surface area (Å²) in [6.07, 6.45) is 3.71. The van der Waals surface area contributed by atoms with Crippen LogP contribution >= 0.6 is 0 Å². The number of esters is 1. The van der Waals surface area contributed by atoms with Crippen LogP contribution in [-0.4, -0.2) is 47.3 Å². The molecule has 2 aliphatic heterocycles. The van der Waals surface area contributed by atoms with Crippen molar-refractivity contribution in [2.45, 2.75) is 31.9 Å². The number of halogens is 1. The average Bonchev–Trinajstić information content (AvgIpc) is 2.96. The highest BCUT2D eigenvalue weighted by molar-refractivity contribution is 6.07. The topological polar surface area (TPSA) is 31.2 Å². The largest absolute Gasteiger partial charge is 1.00 e. The Labute approximate surface area is 165 Å². The van der Waals surface area contributed by atoms with Gasteiger partial charge in [-0.05, 0) is 31.4 Å². The first-order valence-corrected chi connectivity index (χ1v) is 9.75. The van der Waals surface area contributed by atoms with E-state index >= 15 is 0 Å². The highest BCUT2D eigenvalue weighted by Gasteiger charge is 2.41. The Bertz CT molecular complexity index is 922. The van der Waals surface area contributed by atoms with E-state index < -0.39 is 0 Å². The number of aromatic nitrogens is 1. The summed E-state index contributed by atoms with van der Waals surface area (Å²) in [4.78, 5) is 12.4. The molecule has 0 N–H and O–H groups in total. The number of rotatable bonds is 2. The second-order valence-corrected chi connectivity index (χ2v) is 7.95. The zero-order chi connectivity index (χ0) is 17.6. The molecule has 2 saturated heterocycles. The molecule has 1 unspecified atom stereocenters. The van der Waals surface area contributed by atoms with Crippen molar-refractivity contribution >= 4 is 27.8 Å². The lowest BCUT2D eigenvalue weighted by Gasteiger charge is -2.45. The number of fused-ring (bicyclic) bond motifs is 3. The highest BCUT2D eigenvalue weighted by atomic mass is 35.5. The van der Waals surface area contributed by atoms with E-state index in [0.717, 1.165) is 30.7 Å². The van der Waals surface area contributed by atoms with Crippen LogP contribution in [0, 0.1) is 0 Å². The van der Waals surface area contributed by atoms with Crippen molar-refractivity contribution in [2.24, 2.45) is 0 Å². The third-order valence-corrected chi connectivity index (χ3v) is 6.18. The first kappa shape index (κ1) is 18.3. The molecule has 1 atom stereocenters. The molecule has 142 valence electrons. The van der Waals surface area contributed by atoms with Gasteiger partial charge in [0.2, 0.25) is 0 Å². The molecule has 4 nitrogen and oxygen atoms in total. The van der Waals surface area contributed by atoms with E-state index in [1.807, 2.05) is 0 Å². The second kappa shape index (κ2) is 7.17. The number of cyclic esters (lactones) is 1. The van der Waals surface area contributed by atoms with E-state index in [2.05, 4.69) is 53.1 Å². The molecule has 5 rings (SSSR count). The standard InChI is InChI=1S/C22H25N2O2.ClH/c25-22-16-24(12-6-1-7-13-24)15-17(26-22)14-23-20-10-4-2-8-18(20)19-9-3-5-11-21(19)23;/h2-5,8-11,17H,1,6-7,12-16H2;1H/q+1;/p-1. The Balaban J connectivity index is 0.00000180. The van der Waals surface area contributed by atoms with Crippen LogP contribution in [-0.2, 0) is 16.1 Å². The summed E-state index contributed by atoms with van der Waals surface area (Å²) in [6.45, 7) is 4.49. The van der Waals surface area contributed by atoms with Crippen LogP contribution in [0.2, 0.25) is 0 Å². The van der Waals surface area contributed by atoms with Gasteiger partial charge >= 0.3 is 5.97 Å². The minimum atomic E-state index is -0.0476. The molecule has 2 aromatic carbocycles. The van der Waals surface area contributed by atoms with Crippen LogP contribution in [0.15, 0.2) is 48.5 Å². The average molecular weight is 385 g/mol. The van der Waals surface area contributed by atoms with Crippen molar-refractivity contribution in [2.75, 3.05) is 26.2 Å². The van der Waals surface area contributed by atoms with Crippen molar-refractivity contribution < 1.29 is 26.4 Å². The van der Waals surface area contributed by atoms with Gasteiger partial charge in [-0.2, -0.15) is 0 Å². The normalized spacial score (nSPS) is 21.9. The fourth-order valence-electron chi connectivity index (χ4n) is 5.05. The molecule has 0 saturated carbocycles. The summed E-state index contributed by atoms with van der Waals surface area (Å²) in [5.41, 5.74) is 2.45. The van der Waals surface area contributed by atoms with E-state index in [1.54, 1.807) is 0 Å². The quantitative estimate of drug-likeness (QED) is 0.481. The van der Waals surface area contributed by atoms with Gasteiger partial charge in [-0.3, -0.25) is 0 Å². The number of para-hydroxylation sites is 2. The van der Waals surface area contributed by atoms with Crippen molar-refractivity contribution in [3.05, 3.63) is 48.5 Å². The molecule has 0 aliphatic carbocycles. The summed E-state index contributed by atoms with van der Waals surface area (Å²) < 4.78 is 9.08. The van der Waals surface area contributed by atoms with Crippen LogP contribution in [0.3, 0.4) is 0 Å². The van der Waals surface area contributed by atoms with E-state index in [0.29, 0.717) is 6.54 Å². The fraction of sp³-hybridized carbons (Fsp3) is 0.409. The molecular weight excluding hydrogens is 360 g/mol. The molecule has 5 heteroatoms. The van der Waals surface area contributed by atoms with Crippen molar-refractivity contribution in [1.82, 2.24) is 4.57 Å². The lowest BCUT2D eigenvalue weighted by Crippen LogP contribution is -3.00. The number of hydrogen-bond donors (Lipinski definition) is 0. The molecular formula is C22H25ClN2O2. The van der Waals surface area contributed by atoms with Gasteiger partial charge in [-0.15, -0.1) is 0 Å². The van der Waals surface area contributed by atoms with Gasteiger partial charge in [0.25, 0.3) is 0 Å². The zero-order valence-corrected chi connectivity index (χ0v) is 16.2. The minimum Gasteiger partial charge on any atom is -1.00 e. The summed E-state index contributed by atoms with van der Waals surface area (Å²) in [5, 5.41) is 2.54. The second-order valence-electron chi connectivity index (χ2n) is 7.95. The van der Waals surface area contributed by atoms with Gasteiger partial charge in [-0.1, -0.05) is 36.4 Å². The number of benzene rings is 2. The van der Waals surface area contributed by atoms with Crippen LogP contribution < -0.4 is 12.4 Å². The van der Waals surface area contributed by atoms with Gasteiger partial charge in [-0.25, -0.2) is 4.79 Å². The lowest BCUT2D eigenvalue weighted by molar-refractivity contribution is -0.932. The zero-order valence-electron chi connectivity index (χ0n) is 15.4. The lowest BCUT2D eigenvalue weighted by atomic mass is 10.0. The maximum absolute atomic E-state index is 12.4. The molecule has 0 amide bonds. The molecule has 0 radical (unpaired) electrons. The molecule has 27 heavy (non-hydrogen) atoms. The SMILES string of the molecule is O=C1C[N+]2(CCCCC2)CC(Cn2c3ccccc3c3ccccc32)O1.[Cl-]. The maximum Gasteiger partial charge on any atom is 0.362 e. The number of ether oxygens (including phenoxy) is 1. The number of morpholine rings is 1. The first-order chi connectivity index (χ1) is 12.7. The van der Waals surface area contributed by atoms with Crippen LogP contribution in [0.25, 0.3) is 21.8 Å². The number of carbonyl (C=O) groups is 1. The maximum atomic E-state index is 12.4. The first-order valence-electron chi connectivity index (χ1n) is 9.75. The molecule has 1 spiro atoms. The number of piperidine rings is 1. The number of carbonyl (C=O) groups excluding carboxylic acids is 1. The Morgan fingerprint density at radius 3 is 2.15 bits per heavy atom. The fourth-order valence-corrected chi connectivity index (χ4v) is 5.05. The Kier molecular flexibility index (Phi) is 4.87. The van der Waals surface area contributed by atoms with Crippen molar-refractivity contribution in [3.8, 4) is 0 Å². The van der Waals surface area contributed by atoms with Crippen LogP contribution in [0.1, 0.15) is 19.3 Å². The molecule has 3 aromatic rings. The van der Waals surface area contributed by atoms with Crippen LogP contribution in [0.4, 0.5) is 0 Å². The monoisotopic (exact) mass is 384 g/mol. The summed E-state index contributed by atoms with van der Waals surface area (Å²) in [5.74, 6) is -0.0242. The van der Waals surface area contributed by atoms with E-state index in [9.17, 15) is 4.79 Å². The molecule has 0 bridgehead atoms. The van der Waals surface area contributed by atoms with Crippen molar-refractivity contribution in [1.29, 1.82) is 0 Å².